The Bertz CT molecular complexity index is 745. The monoisotopic (exact) mass is 333 g/mol. The minimum atomic E-state index is -4.03. The molecule has 19 heavy (non-hydrogen) atoms. The van der Waals surface area contributed by atoms with Gasteiger partial charge in [0.2, 0.25) is 0 Å². The highest BCUT2D eigenvalue weighted by atomic mass is 35.5. The van der Waals surface area contributed by atoms with Crippen molar-refractivity contribution in [3.05, 3.63) is 44.6 Å². The molecule has 0 atom stereocenters. The molecule has 98 valence electrons. The molecular weight excluding hydrogens is 329 g/mol. The number of rotatable bonds is 3. The quantitative estimate of drug-likeness (QED) is 0.803. The van der Waals surface area contributed by atoms with Gasteiger partial charge in [0.15, 0.2) is 0 Å². The van der Waals surface area contributed by atoms with Crippen molar-refractivity contribution in [2.24, 2.45) is 0 Å². The summed E-state index contributed by atoms with van der Waals surface area (Å²) in [4.78, 5) is -0.173. The van der Waals surface area contributed by atoms with Crippen molar-refractivity contribution in [2.45, 2.75) is 4.90 Å². The largest absolute Gasteiger partial charge is 0.379 e. The van der Waals surface area contributed by atoms with Crippen LogP contribution in [0.4, 0.5) is 0 Å². The van der Waals surface area contributed by atoms with Gasteiger partial charge in [0.25, 0.3) is 0 Å². The van der Waals surface area contributed by atoms with Gasteiger partial charge in [-0.05, 0) is 30.3 Å². The number of nitriles is 1. The average Bonchev–Trinajstić information content (AvgIpc) is 2.70. The fourth-order valence-electron chi connectivity index (χ4n) is 1.25. The predicted molar refractivity (Wildman–Crippen MR) is 73.3 cm³/mol. The van der Waals surface area contributed by atoms with Crippen molar-refractivity contribution in [3.63, 3.8) is 0 Å². The Hall–Kier alpha value is -1.26. The van der Waals surface area contributed by atoms with Gasteiger partial charge in [-0.25, -0.2) is 0 Å². The van der Waals surface area contributed by atoms with Crippen molar-refractivity contribution in [2.75, 3.05) is 0 Å². The molecule has 0 fully saturated rings. The molecule has 2 aromatic rings. The van der Waals surface area contributed by atoms with E-state index in [-0.39, 0.29) is 19.3 Å². The van der Waals surface area contributed by atoms with Gasteiger partial charge in [0.1, 0.15) is 15.0 Å². The van der Waals surface area contributed by atoms with Gasteiger partial charge < -0.3 is 4.18 Å². The summed E-state index contributed by atoms with van der Waals surface area (Å²) in [6.45, 7) is 0. The van der Waals surface area contributed by atoms with Crippen LogP contribution >= 0.6 is 34.5 Å². The zero-order valence-electron chi connectivity index (χ0n) is 9.13. The highest BCUT2D eigenvalue weighted by molar-refractivity contribution is 7.87. The molecule has 0 aliphatic carbocycles. The minimum Gasteiger partial charge on any atom is -0.379 e. The SMILES string of the molecule is N#Cc1ccc(OS(=O)(=O)c2cc(Cl)sc2Cl)cc1. The molecule has 0 amide bonds. The van der Waals surface area contributed by atoms with Crippen LogP contribution in [0.5, 0.6) is 5.75 Å². The number of halogens is 2. The van der Waals surface area contributed by atoms with Crippen LogP contribution in [0, 0.1) is 11.3 Å². The van der Waals surface area contributed by atoms with Gasteiger partial charge >= 0.3 is 10.1 Å². The van der Waals surface area contributed by atoms with Crippen molar-refractivity contribution < 1.29 is 12.6 Å². The molecule has 0 saturated heterocycles. The summed E-state index contributed by atoms with van der Waals surface area (Å²) in [6.07, 6.45) is 0. The maximum Gasteiger partial charge on any atom is 0.341 e. The van der Waals surface area contributed by atoms with Crippen LogP contribution in [0.2, 0.25) is 8.67 Å². The van der Waals surface area contributed by atoms with Crippen LogP contribution in [0.1, 0.15) is 5.56 Å². The molecule has 4 nitrogen and oxygen atoms in total. The Morgan fingerprint density at radius 1 is 1.21 bits per heavy atom. The lowest BCUT2D eigenvalue weighted by Crippen LogP contribution is -2.09. The fourth-order valence-corrected chi connectivity index (χ4v) is 4.29. The van der Waals surface area contributed by atoms with E-state index in [1.165, 1.54) is 30.3 Å². The standard InChI is InChI=1S/C11H5Cl2NO3S2/c12-10-5-9(11(13)18-10)19(15,16)17-8-3-1-7(6-14)2-4-8/h1-5H. The Labute approximate surface area is 123 Å². The molecular formula is C11H5Cl2NO3S2. The summed E-state index contributed by atoms with van der Waals surface area (Å²) in [6, 6.07) is 8.83. The molecule has 0 aliphatic heterocycles. The van der Waals surface area contributed by atoms with Crippen molar-refractivity contribution in [1.29, 1.82) is 5.26 Å². The summed E-state index contributed by atoms with van der Waals surface area (Å²) in [7, 11) is -4.03. The van der Waals surface area contributed by atoms with Gasteiger partial charge in [-0.3, -0.25) is 0 Å². The van der Waals surface area contributed by atoms with E-state index in [0.717, 1.165) is 11.3 Å². The fraction of sp³-hybridized carbons (Fsp3) is 0. The number of benzene rings is 1. The second-order valence-electron chi connectivity index (χ2n) is 3.36. The lowest BCUT2D eigenvalue weighted by atomic mass is 10.2. The van der Waals surface area contributed by atoms with Gasteiger partial charge in [-0.1, -0.05) is 23.2 Å². The molecule has 0 saturated carbocycles. The van der Waals surface area contributed by atoms with E-state index in [1.807, 2.05) is 6.07 Å². The Morgan fingerprint density at radius 2 is 1.84 bits per heavy atom. The average molecular weight is 334 g/mol. The topological polar surface area (TPSA) is 67.2 Å². The normalized spacial score (nSPS) is 11.0. The van der Waals surface area contributed by atoms with E-state index in [0.29, 0.717) is 5.56 Å². The van der Waals surface area contributed by atoms with E-state index >= 15 is 0 Å². The zero-order valence-corrected chi connectivity index (χ0v) is 12.3. The van der Waals surface area contributed by atoms with Crippen LogP contribution in [0.3, 0.4) is 0 Å². The van der Waals surface area contributed by atoms with Crippen molar-refractivity contribution >= 4 is 44.7 Å². The summed E-state index contributed by atoms with van der Waals surface area (Å²) in [5, 5.41) is 8.64. The number of hydrogen-bond acceptors (Lipinski definition) is 5. The summed E-state index contributed by atoms with van der Waals surface area (Å²) in [5.41, 5.74) is 0.404. The predicted octanol–water partition coefficient (Wildman–Crippen LogP) is 3.69. The van der Waals surface area contributed by atoms with Crippen molar-refractivity contribution in [1.82, 2.24) is 0 Å². The van der Waals surface area contributed by atoms with Crippen molar-refractivity contribution in [3.8, 4) is 11.8 Å². The highest BCUT2D eigenvalue weighted by Crippen LogP contribution is 2.35. The third-order valence-corrected chi connectivity index (χ3v) is 5.09. The molecule has 8 heteroatoms. The van der Waals surface area contributed by atoms with Crippen LogP contribution in [-0.4, -0.2) is 8.42 Å². The third kappa shape index (κ3) is 3.19. The van der Waals surface area contributed by atoms with E-state index in [1.54, 1.807) is 0 Å². The Balaban J connectivity index is 2.31. The lowest BCUT2D eigenvalue weighted by Gasteiger charge is -2.05. The maximum atomic E-state index is 12.0. The second-order valence-corrected chi connectivity index (χ2v) is 7.16. The first-order valence-electron chi connectivity index (χ1n) is 4.82. The second kappa shape index (κ2) is 5.39. The highest BCUT2D eigenvalue weighted by Gasteiger charge is 2.23. The Morgan fingerprint density at radius 3 is 2.32 bits per heavy atom. The molecule has 1 aromatic carbocycles. The van der Waals surface area contributed by atoms with Crippen LogP contribution in [-0.2, 0) is 10.1 Å². The maximum absolute atomic E-state index is 12.0. The molecule has 0 radical (unpaired) electrons. The lowest BCUT2D eigenvalue weighted by molar-refractivity contribution is 0.486. The zero-order chi connectivity index (χ0) is 14.0. The van der Waals surface area contributed by atoms with E-state index < -0.39 is 10.1 Å². The number of nitrogens with zero attached hydrogens (tertiary/aromatic N) is 1. The third-order valence-electron chi connectivity index (χ3n) is 2.08. The number of hydrogen-bond donors (Lipinski definition) is 0. The van der Waals surface area contributed by atoms with E-state index in [4.69, 9.17) is 32.6 Å². The number of thiophene rings is 1. The molecule has 0 aliphatic rings. The van der Waals surface area contributed by atoms with Gasteiger partial charge in [0, 0.05) is 0 Å². The first kappa shape index (κ1) is 14.2. The Kier molecular flexibility index (Phi) is 4.02. The van der Waals surface area contributed by atoms with Crippen LogP contribution in [0.15, 0.2) is 35.2 Å². The molecule has 1 aromatic heterocycles. The van der Waals surface area contributed by atoms with Crippen LogP contribution in [0.25, 0.3) is 0 Å². The van der Waals surface area contributed by atoms with Crippen LogP contribution < -0.4 is 4.18 Å². The molecule has 2 rings (SSSR count). The molecule has 0 bridgehead atoms. The van der Waals surface area contributed by atoms with E-state index in [9.17, 15) is 8.42 Å². The summed E-state index contributed by atoms with van der Waals surface area (Å²) < 4.78 is 29.1. The first-order valence-corrected chi connectivity index (χ1v) is 7.80. The van der Waals surface area contributed by atoms with Gasteiger partial charge in [-0.2, -0.15) is 13.7 Å². The van der Waals surface area contributed by atoms with E-state index in [2.05, 4.69) is 0 Å². The van der Waals surface area contributed by atoms with Gasteiger partial charge in [-0.15, -0.1) is 11.3 Å². The molecule has 0 spiro atoms. The smallest absolute Gasteiger partial charge is 0.341 e. The molecule has 0 unspecified atom stereocenters. The minimum absolute atomic E-state index is 0.0404. The summed E-state index contributed by atoms with van der Waals surface area (Å²) in [5.74, 6) is 0.0948. The van der Waals surface area contributed by atoms with Gasteiger partial charge in [0.05, 0.1) is 16.0 Å². The summed E-state index contributed by atoms with van der Waals surface area (Å²) >= 11 is 12.4. The first-order chi connectivity index (χ1) is 8.92. The molecule has 1 heterocycles. The molecule has 0 N–H and O–H groups in total.